The molecule has 0 saturated carbocycles. The van der Waals surface area contributed by atoms with E-state index in [9.17, 15) is 9.90 Å². The van der Waals surface area contributed by atoms with Gasteiger partial charge in [-0.05, 0) is 48.9 Å². The molecule has 0 aliphatic rings. The molecular formula is C18H20O5. The molecule has 2 aromatic carbocycles. The van der Waals surface area contributed by atoms with Crippen molar-refractivity contribution < 1.29 is 24.1 Å². The molecule has 2 aromatic rings. The summed E-state index contributed by atoms with van der Waals surface area (Å²) in [4.78, 5) is 11.2. The van der Waals surface area contributed by atoms with Gasteiger partial charge in [0, 0.05) is 5.56 Å². The van der Waals surface area contributed by atoms with E-state index in [0.29, 0.717) is 28.4 Å². The summed E-state index contributed by atoms with van der Waals surface area (Å²) in [7, 11) is 3.10. The maximum atomic E-state index is 11.2. The van der Waals surface area contributed by atoms with Crippen LogP contribution in [0.2, 0.25) is 0 Å². The molecule has 23 heavy (non-hydrogen) atoms. The molecule has 0 spiro atoms. The molecule has 0 amide bonds. The first-order valence-corrected chi connectivity index (χ1v) is 7.19. The fourth-order valence-electron chi connectivity index (χ4n) is 2.12. The third-order valence-corrected chi connectivity index (χ3v) is 3.46. The van der Waals surface area contributed by atoms with Gasteiger partial charge in [-0.1, -0.05) is 6.07 Å². The highest BCUT2D eigenvalue weighted by Gasteiger charge is 2.12. The second kappa shape index (κ2) is 7.65. The second-order valence-corrected chi connectivity index (χ2v) is 5.02. The fraction of sp³-hybridized carbons (Fsp3) is 0.278. The number of Topliss-reactive ketones (excluding diaryl/α,β-unsaturated/α-hetero) is 1. The van der Waals surface area contributed by atoms with E-state index >= 15 is 0 Å². The quantitative estimate of drug-likeness (QED) is 0.795. The van der Waals surface area contributed by atoms with Gasteiger partial charge < -0.3 is 19.3 Å². The largest absolute Gasteiger partial charge is 0.493 e. The Bertz CT molecular complexity index is 664. The van der Waals surface area contributed by atoms with Gasteiger partial charge in [0.1, 0.15) is 18.5 Å². The average molecular weight is 316 g/mol. The lowest BCUT2D eigenvalue weighted by Crippen LogP contribution is -2.10. The first kappa shape index (κ1) is 16.8. The summed E-state index contributed by atoms with van der Waals surface area (Å²) < 4.78 is 15.9. The second-order valence-electron chi connectivity index (χ2n) is 5.02. The molecule has 0 bridgehead atoms. The van der Waals surface area contributed by atoms with E-state index in [2.05, 4.69) is 0 Å². The highest BCUT2D eigenvalue weighted by atomic mass is 16.5. The van der Waals surface area contributed by atoms with Crippen LogP contribution in [-0.2, 0) is 0 Å². The predicted octanol–water partition coefficient (Wildman–Crippen LogP) is 3.02. The molecule has 1 unspecified atom stereocenters. The third-order valence-electron chi connectivity index (χ3n) is 3.46. The van der Waals surface area contributed by atoms with Gasteiger partial charge in [-0.25, -0.2) is 0 Å². The van der Waals surface area contributed by atoms with E-state index in [4.69, 9.17) is 14.2 Å². The Balaban J connectivity index is 2.01. The van der Waals surface area contributed by atoms with E-state index < -0.39 is 6.10 Å². The smallest absolute Gasteiger partial charge is 0.161 e. The van der Waals surface area contributed by atoms with Crippen molar-refractivity contribution in [2.75, 3.05) is 20.8 Å². The number of ether oxygens (including phenoxy) is 3. The topological polar surface area (TPSA) is 65.0 Å². The van der Waals surface area contributed by atoms with Crippen molar-refractivity contribution in [2.24, 2.45) is 0 Å². The normalized spacial score (nSPS) is 11.7. The number of rotatable bonds is 7. The minimum Gasteiger partial charge on any atom is -0.493 e. The Morgan fingerprint density at radius 2 is 1.70 bits per heavy atom. The fourth-order valence-corrected chi connectivity index (χ4v) is 2.12. The number of hydrogen-bond acceptors (Lipinski definition) is 5. The van der Waals surface area contributed by atoms with Crippen LogP contribution in [0.25, 0.3) is 0 Å². The summed E-state index contributed by atoms with van der Waals surface area (Å²) in [5, 5.41) is 10.2. The number of ketones is 1. The lowest BCUT2D eigenvalue weighted by molar-refractivity contribution is 0.101. The molecule has 2 rings (SSSR count). The number of benzene rings is 2. The Hall–Kier alpha value is -2.53. The van der Waals surface area contributed by atoms with Crippen molar-refractivity contribution in [3.8, 4) is 17.2 Å². The lowest BCUT2D eigenvalue weighted by Gasteiger charge is -2.15. The molecular weight excluding hydrogens is 296 g/mol. The molecule has 1 atom stereocenters. The van der Waals surface area contributed by atoms with E-state index in [-0.39, 0.29) is 12.4 Å². The van der Waals surface area contributed by atoms with E-state index in [0.717, 1.165) is 0 Å². The summed E-state index contributed by atoms with van der Waals surface area (Å²) in [5.41, 5.74) is 1.29. The molecule has 1 N–H and O–H groups in total. The van der Waals surface area contributed by atoms with Crippen molar-refractivity contribution in [1.82, 2.24) is 0 Å². The molecule has 0 aliphatic carbocycles. The third kappa shape index (κ3) is 4.23. The lowest BCUT2D eigenvalue weighted by atomic mass is 10.1. The summed E-state index contributed by atoms with van der Waals surface area (Å²) in [6.07, 6.45) is -0.803. The van der Waals surface area contributed by atoms with E-state index in [1.165, 1.54) is 6.92 Å². The minimum atomic E-state index is -0.803. The van der Waals surface area contributed by atoms with Crippen molar-refractivity contribution in [1.29, 1.82) is 0 Å². The predicted molar refractivity (Wildman–Crippen MR) is 86.4 cm³/mol. The molecule has 122 valence electrons. The van der Waals surface area contributed by atoms with E-state index in [1.54, 1.807) is 56.7 Å². The number of aliphatic hydroxyl groups is 1. The van der Waals surface area contributed by atoms with Crippen LogP contribution < -0.4 is 14.2 Å². The highest BCUT2D eigenvalue weighted by molar-refractivity contribution is 5.94. The summed E-state index contributed by atoms with van der Waals surface area (Å²) in [5.74, 6) is 1.75. The molecule has 5 heteroatoms. The Morgan fingerprint density at radius 3 is 2.26 bits per heavy atom. The number of methoxy groups -OCH3 is 2. The average Bonchev–Trinajstić information content (AvgIpc) is 2.59. The number of aliphatic hydroxyl groups excluding tert-OH is 1. The van der Waals surface area contributed by atoms with Gasteiger partial charge in [0.05, 0.1) is 14.2 Å². The van der Waals surface area contributed by atoms with Crippen molar-refractivity contribution in [3.63, 3.8) is 0 Å². The van der Waals surface area contributed by atoms with Crippen LogP contribution in [0.1, 0.15) is 28.9 Å². The molecule has 5 nitrogen and oxygen atoms in total. The van der Waals surface area contributed by atoms with Crippen LogP contribution in [0.3, 0.4) is 0 Å². The molecule has 0 saturated heterocycles. The number of carbonyl (C=O) groups is 1. The summed E-state index contributed by atoms with van der Waals surface area (Å²) in [6.45, 7) is 1.60. The van der Waals surface area contributed by atoms with Crippen molar-refractivity contribution in [3.05, 3.63) is 53.6 Å². The Morgan fingerprint density at radius 1 is 1.04 bits per heavy atom. The van der Waals surface area contributed by atoms with Gasteiger partial charge in [0.25, 0.3) is 0 Å². The SMILES string of the molecule is COc1ccc(C(O)COc2ccc(C(C)=O)cc2)cc1OC. The monoisotopic (exact) mass is 316 g/mol. The zero-order chi connectivity index (χ0) is 16.8. The van der Waals surface area contributed by atoms with Crippen LogP contribution in [0, 0.1) is 0 Å². The first-order chi connectivity index (χ1) is 11.0. The van der Waals surface area contributed by atoms with Gasteiger partial charge in [0.15, 0.2) is 17.3 Å². The summed E-state index contributed by atoms with van der Waals surface area (Å²) in [6, 6.07) is 12.0. The van der Waals surface area contributed by atoms with Crippen LogP contribution in [-0.4, -0.2) is 31.7 Å². The zero-order valence-electron chi connectivity index (χ0n) is 13.4. The van der Waals surface area contributed by atoms with Gasteiger partial charge in [-0.3, -0.25) is 4.79 Å². The van der Waals surface area contributed by atoms with Crippen LogP contribution >= 0.6 is 0 Å². The minimum absolute atomic E-state index is 0.00177. The highest BCUT2D eigenvalue weighted by Crippen LogP contribution is 2.30. The molecule has 0 aromatic heterocycles. The van der Waals surface area contributed by atoms with Gasteiger partial charge >= 0.3 is 0 Å². The van der Waals surface area contributed by atoms with E-state index in [1.807, 2.05) is 0 Å². The molecule has 0 aliphatic heterocycles. The van der Waals surface area contributed by atoms with Crippen LogP contribution in [0.4, 0.5) is 0 Å². The maximum absolute atomic E-state index is 11.2. The molecule has 0 heterocycles. The number of hydrogen-bond donors (Lipinski definition) is 1. The molecule has 0 fully saturated rings. The van der Waals surface area contributed by atoms with Gasteiger partial charge in [-0.2, -0.15) is 0 Å². The maximum Gasteiger partial charge on any atom is 0.161 e. The Labute approximate surface area is 135 Å². The van der Waals surface area contributed by atoms with Crippen LogP contribution in [0.5, 0.6) is 17.2 Å². The Kier molecular flexibility index (Phi) is 5.60. The first-order valence-electron chi connectivity index (χ1n) is 7.19. The van der Waals surface area contributed by atoms with Gasteiger partial charge in [-0.15, -0.1) is 0 Å². The number of carbonyl (C=O) groups excluding carboxylic acids is 1. The molecule has 0 radical (unpaired) electrons. The van der Waals surface area contributed by atoms with Gasteiger partial charge in [0.2, 0.25) is 0 Å². The van der Waals surface area contributed by atoms with Crippen LogP contribution in [0.15, 0.2) is 42.5 Å². The summed E-state index contributed by atoms with van der Waals surface area (Å²) >= 11 is 0. The standard InChI is InChI=1S/C18H20O5/c1-12(19)13-4-7-15(8-5-13)23-11-16(20)14-6-9-17(21-2)18(10-14)22-3/h4-10,16,20H,11H2,1-3H3. The van der Waals surface area contributed by atoms with Crippen molar-refractivity contribution >= 4 is 5.78 Å². The van der Waals surface area contributed by atoms with Crippen molar-refractivity contribution in [2.45, 2.75) is 13.0 Å². The zero-order valence-corrected chi connectivity index (χ0v) is 13.4.